The minimum atomic E-state index is -0.701. The Hall–Kier alpha value is -2.44. The number of aromatic hydroxyl groups is 3. The number of nitrogens with zero attached hydrogens (tertiary/aromatic N) is 1. The molecule has 0 aliphatic carbocycles. The third kappa shape index (κ3) is 3.60. The highest BCUT2D eigenvalue weighted by molar-refractivity contribution is 6.36. The average molecular weight is 341 g/mol. The van der Waals surface area contributed by atoms with E-state index in [9.17, 15) is 20.1 Å². The van der Waals surface area contributed by atoms with Crippen LogP contribution in [0.4, 0.5) is 0 Å². The van der Waals surface area contributed by atoms with E-state index in [2.05, 4.69) is 10.5 Å². The molecule has 0 unspecified atom stereocenters. The standard InChI is InChI=1S/C14H10Cl2N2O4/c15-9-2-1-7(10(16)5-9)6-17-18-14(22)8-3-11(19)13(21)12(20)4-8/h1-6,19-21H,(H,18,22)/b17-6+. The van der Waals surface area contributed by atoms with Crippen LogP contribution in [0.15, 0.2) is 35.4 Å². The predicted octanol–water partition coefficient (Wildman–Crippen LogP) is 2.87. The van der Waals surface area contributed by atoms with Crippen molar-refractivity contribution in [1.29, 1.82) is 0 Å². The zero-order valence-electron chi connectivity index (χ0n) is 10.9. The van der Waals surface area contributed by atoms with Gasteiger partial charge in [0, 0.05) is 16.1 Å². The average Bonchev–Trinajstić information content (AvgIpc) is 2.46. The van der Waals surface area contributed by atoms with Crippen molar-refractivity contribution in [2.45, 2.75) is 0 Å². The summed E-state index contributed by atoms with van der Waals surface area (Å²) in [5.74, 6) is -2.62. The highest BCUT2D eigenvalue weighted by Crippen LogP contribution is 2.35. The summed E-state index contributed by atoms with van der Waals surface area (Å²) in [5, 5.41) is 32.4. The minimum absolute atomic E-state index is 0.0767. The molecule has 0 saturated heterocycles. The first-order valence-electron chi connectivity index (χ1n) is 5.92. The Morgan fingerprint density at radius 1 is 1.09 bits per heavy atom. The van der Waals surface area contributed by atoms with Crippen LogP contribution in [0.3, 0.4) is 0 Å². The van der Waals surface area contributed by atoms with Crippen LogP contribution in [-0.2, 0) is 0 Å². The zero-order valence-corrected chi connectivity index (χ0v) is 12.4. The molecule has 2 aromatic rings. The lowest BCUT2D eigenvalue weighted by atomic mass is 10.2. The summed E-state index contributed by atoms with van der Waals surface area (Å²) in [5.41, 5.74) is 2.67. The molecule has 2 aromatic carbocycles. The molecule has 0 spiro atoms. The fourth-order valence-electron chi connectivity index (χ4n) is 1.57. The maximum absolute atomic E-state index is 11.8. The summed E-state index contributed by atoms with van der Waals surface area (Å²) in [6.07, 6.45) is 1.32. The molecule has 0 heterocycles. The fourth-order valence-corrected chi connectivity index (χ4v) is 2.02. The van der Waals surface area contributed by atoms with Crippen LogP contribution in [0.1, 0.15) is 15.9 Å². The molecule has 1 amide bonds. The van der Waals surface area contributed by atoms with Gasteiger partial charge in [0.05, 0.1) is 11.2 Å². The molecule has 114 valence electrons. The maximum atomic E-state index is 11.8. The highest BCUT2D eigenvalue weighted by Gasteiger charge is 2.12. The van der Waals surface area contributed by atoms with Crippen molar-refractivity contribution in [2.75, 3.05) is 0 Å². The van der Waals surface area contributed by atoms with Gasteiger partial charge in [0.1, 0.15) is 0 Å². The van der Waals surface area contributed by atoms with E-state index in [0.717, 1.165) is 12.1 Å². The van der Waals surface area contributed by atoms with Crippen LogP contribution in [-0.4, -0.2) is 27.4 Å². The van der Waals surface area contributed by atoms with Crippen molar-refractivity contribution < 1.29 is 20.1 Å². The van der Waals surface area contributed by atoms with Crippen LogP contribution in [0.2, 0.25) is 10.0 Å². The van der Waals surface area contributed by atoms with Crippen molar-refractivity contribution in [2.24, 2.45) is 5.10 Å². The molecule has 0 atom stereocenters. The Balaban J connectivity index is 2.11. The Morgan fingerprint density at radius 3 is 2.32 bits per heavy atom. The first kappa shape index (κ1) is 15.9. The molecule has 0 bridgehead atoms. The Bertz CT molecular complexity index is 739. The van der Waals surface area contributed by atoms with Crippen molar-refractivity contribution in [3.8, 4) is 17.2 Å². The van der Waals surface area contributed by atoms with Gasteiger partial charge in [0.2, 0.25) is 0 Å². The van der Waals surface area contributed by atoms with Gasteiger partial charge < -0.3 is 15.3 Å². The number of hydrogen-bond donors (Lipinski definition) is 4. The van der Waals surface area contributed by atoms with Crippen LogP contribution in [0.5, 0.6) is 17.2 Å². The molecule has 4 N–H and O–H groups in total. The number of carbonyl (C=O) groups excluding carboxylic acids is 1. The van der Waals surface area contributed by atoms with E-state index in [0.29, 0.717) is 15.6 Å². The quantitative estimate of drug-likeness (QED) is 0.392. The molecule has 6 nitrogen and oxygen atoms in total. The van der Waals surface area contributed by atoms with Gasteiger partial charge in [-0.2, -0.15) is 5.10 Å². The van der Waals surface area contributed by atoms with E-state index in [1.165, 1.54) is 12.3 Å². The van der Waals surface area contributed by atoms with Gasteiger partial charge >= 0.3 is 0 Å². The van der Waals surface area contributed by atoms with E-state index >= 15 is 0 Å². The Labute approximate surface area is 135 Å². The van der Waals surface area contributed by atoms with Crippen molar-refractivity contribution in [3.63, 3.8) is 0 Å². The molecule has 0 fully saturated rings. The predicted molar refractivity (Wildman–Crippen MR) is 83.0 cm³/mol. The van der Waals surface area contributed by atoms with E-state index in [1.54, 1.807) is 12.1 Å². The first-order chi connectivity index (χ1) is 10.4. The number of nitrogens with one attached hydrogen (secondary N) is 1. The number of hydrogen-bond acceptors (Lipinski definition) is 5. The van der Waals surface area contributed by atoms with Crippen LogP contribution >= 0.6 is 23.2 Å². The molecule has 22 heavy (non-hydrogen) atoms. The molecular weight excluding hydrogens is 331 g/mol. The molecule has 0 aliphatic heterocycles. The van der Waals surface area contributed by atoms with E-state index in [4.69, 9.17) is 23.2 Å². The van der Waals surface area contributed by atoms with E-state index in [-0.39, 0.29) is 5.56 Å². The van der Waals surface area contributed by atoms with Crippen molar-refractivity contribution in [1.82, 2.24) is 5.43 Å². The number of benzene rings is 2. The number of halogens is 2. The number of amides is 1. The largest absolute Gasteiger partial charge is 0.504 e. The lowest BCUT2D eigenvalue weighted by molar-refractivity contribution is 0.0954. The van der Waals surface area contributed by atoms with Gasteiger partial charge in [-0.1, -0.05) is 29.3 Å². The number of hydrazone groups is 1. The first-order valence-corrected chi connectivity index (χ1v) is 6.67. The Morgan fingerprint density at radius 2 is 1.73 bits per heavy atom. The summed E-state index contributed by atoms with van der Waals surface area (Å²) in [6.45, 7) is 0. The highest BCUT2D eigenvalue weighted by atomic mass is 35.5. The lowest BCUT2D eigenvalue weighted by Gasteiger charge is -2.04. The smallest absolute Gasteiger partial charge is 0.271 e. The van der Waals surface area contributed by atoms with Crippen LogP contribution < -0.4 is 5.43 Å². The van der Waals surface area contributed by atoms with E-state index in [1.807, 2.05) is 0 Å². The fraction of sp³-hybridized carbons (Fsp3) is 0. The second-order valence-electron chi connectivity index (χ2n) is 4.23. The second kappa shape index (κ2) is 6.55. The molecule has 8 heteroatoms. The maximum Gasteiger partial charge on any atom is 0.271 e. The number of rotatable bonds is 3. The zero-order chi connectivity index (χ0) is 16.3. The lowest BCUT2D eigenvalue weighted by Crippen LogP contribution is -2.17. The van der Waals surface area contributed by atoms with Gasteiger partial charge in [0.25, 0.3) is 5.91 Å². The summed E-state index contributed by atoms with van der Waals surface area (Å²) < 4.78 is 0. The monoisotopic (exact) mass is 340 g/mol. The molecule has 2 rings (SSSR count). The SMILES string of the molecule is O=C(N/N=C/c1ccc(Cl)cc1Cl)c1cc(O)c(O)c(O)c1. The third-order valence-electron chi connectivity index (χ3n) is 2.66. The van der Waals surface area contributed by atoms with Crippen LogP contribution in [0.25, 0.3) is 0 Å². The summed E-state index contributed by atoms with van der Waals surface area (Å²) in [7, 11) is 0. The second-order valence-corrected chi connectivity index (χ2v) is 5.07. The minimum Gasteiger partial charge on any atom is -0.504 e. The molecular formula is C14H10Cl2N2O4. The summed E-state index contributed by atoms with van der Waals surface area (Å²) in [6, 6.07) is 6.76. The van der Waals surface area contributed by atoms with Crippen molar-refractivity contribution in [3.05, 3.63) is 51.5 Å². The summed E-state index contributed by atoms with van der Waals surface area (Å²) in [4.78, 5) is 11.8. The van der Waals surface area contributed by atoms with Gasteiger partial charge in [0.15, 0.2) is 17.2 Å². The van der Waals surface area contributed by atoms with Gasteiger partial charge in [-0.25, -0.2) is 5.43 Å². The molecule has 0 aromatic heterocycles. The summed E-state index contributed by atoms with van der Waals surface area (Å²) >= 11 is 11.7. The van der Waals surface area contributed by atoms with Gasteiger partial charge in [-0.15, -0.1) is 0 Å². The molecule has 0 saturated carbocycles. The number of phenolic OH excluding ortho intramolecular Hbond substituents is 3. The normalized spacial score (nSPS) is 10.8. The number of carbonyl (C=O) groups is 1. The van der Waals surface area contributed by atoms with E-state index < -0.39 is 23.2 Å². The van der Waals surface area contributed by atoms with Crippen molar-refractivity contribution >= 4 is 35.3 Å². The van der Waals surface area contributed by atoms with Gasteiger partial charge in [-0.3, -0.25) is 4.79 Å². The van der Waals surface area contributed by atoms with Gasteiger partial charge in [-0.05, 0) is 24.3 Å². The Kier molecular flexibility index (Phi) is 4.75. The van der Waals surface area contributed by atoms with Crippen LogP contribution in [0, 0.1) is 0 Å². The molecule has 0 radical (unpaired) electrons. The topological polar surface area (TPSA) is 102 Å². The third-order valence-corrected chi connectivity index (χ3v) is 3.23. The number of phenols is 3. The molecule has 0 aliphatic rings.